The summed E-state index contributed by atoms with van der Waals surface area (Å²) in [6.07, 6.45) is 1.48. The molecule has 1 rings (SSSR count). The molecule has 1 aromatic rings. The second-order valence-electron chi connectivity index (χ2n) is 5.01. The Labute approximate surface area is 125 Å². The minimum absolute atomic E-state index is 0.0117. The molecular weight excluding hydrogens is 278 g/mol. The van der Waals surface area contributed by atoms with Gasteiger partial charge in [-0.25, -0.2) is 4.79 Å². The number of hydrogen-bond acceptors (Lipinski definition) is 3. The van der Waals surface area contributed by atoms with Crippen molar-refractivity contribution in [2.24, 2.45) is 0 Å². The molecule has 0 radical (unpaired) electrons. The summed E-state index contributed by atoms with van der Waals surface area (Å²) in [7, 11) is 0. The van der Waals surface area contributed by atoms with Gasteiger partial charge >= 0.3 is 6.09 Å². The first-order chi connectivity index (χ1) is 9.59. The molecule has 4 nitrogen and oxygen atoms in total. The van der Waals surface area contributed by atoms with Crippen LogP contribution in [0, 0.1) is 0 Å². The van der Waals surface area contributed by atoms with Crippen LogP contribution < -0.4 is 5.32 Å². The van der Waals surface area contributed by atoms with Crippen LogP contribution in [0.3, 0.4) is 0 Å². The molecule has 1 aromatic carbocycles. The summed E-state index contributed by atoms with van der Waals surface area (Å²) in [5, 5.41) is 11.9. The molecule has 1 amide bonds. The smallest absolute Gasteiger partial charge is 0.407 e. The Morgan fingerprint density at radius 2 is 2.05 bits per heavy atom. The molecule has 1 atom stereocenters. The maximum atomic E-state index is 11.8. The van der Waals surface area contributed by atoms with Crippen molar-refractivity contribution < 1.29 is 14.6 Å². The molecule has 0 aliphatic heterocycles. The molecule has 0 aliphatic rings. The van der Waals surface area contributed by atoms with Crippen LogP contribution in [0.25, 0.3) is 0 Å². The molecule has 5 heteroatoms. The fourth-order valence-electron chi connectivity index (χ4n) is 1.96. The minimum atomic E-state index is -0.489. The predicted molar refractivity (Wildman–Crippen MR) is 79.8 cm³/mol. The number of nitrogens with one attached hydrogen (secondary N) is 1. The molecule has 0 heterocycles. The number of halogens is 1. The third-order valence-corrected chi connectivity index (χ3v) is 3.41. The predicted octanol–water partition coefficient (Wildman–Crippen LogP) is 3.07. The van der Waals surface area contributed by atoms with E-state index >= 15 is 0 Å². The van der Waals surface area contributed by atoms with E-state index in [2.05, 4.69) is 5.32 Å². The lowest BCUT2D eigenvalue weighted by atomic mass is 9.93. The number of alkyl carbamates (subject to hydrolysis) is 1. The van der Waals surface area contributed by atoms with E-state index in [1.165, 1.54) is 0 Å². The second kappa shape index (κ2) is 8.82. The highest BCUT2D eigenvalue weighted by molar-refractivity contribution is 6.17. The van der Waals surface area contributed by atoms with Crippen LogP contribution in [0.1, 0.15) is 31.7 Å². The molecule has 0 saturated heterocycles. The summed E-state index contributed by atoms with van der Waals surface area (Å²) in [6.45, 7) is 2.13. The van der Waals surface area contributed by atoms with E-state index in [-0.39, 0.29) is 13.2 Å². The Kier molecular flexibility index (Phi) is 7.41. The van der Waals surface area contributed by atoms with Crippen LogP contribution in [0.2, 0.25) is 0 Å². The zero-order chi connectivity index (χ0) is 14.8. The van der Waals surface area contributed by atoms with Crippen molar-refractivity contribution in [1.29, 1.82) is 0 Å². The minimum Gasteiger partial charge on any atom is -0.445 e. The van der Waals surface area contributed by atoms with Gasteiger partial charge in [-0.15, -0.1) is 11.6 Å². The van der Waals surface area contributed by atoms with Crippen LogP contribution in [0.15, 0.2) is 30.3 Å². The van der Waals surface area contributed by atoms with Crippen molar-refractivity contribution in [2.75, 3.05) is 12.5 Å². The fraction of sp³-hybridized carbons (Fsp3) is 0.533. The van der Waals surface area contributed by atoms with Gasteiger partial charge in [0.25, 0.3) is 0 Å². The van der Waals surface area contributed by atoms with Gasteiger partial charge in [-0.3, -0.25) is 0 Å². The first-order valence-electron chi connectivity index (χ1n) is 6.75. The van der Waals surface area contributed by atoms with Crippen molar-refractivity contribution in [3.63, 3.8) is 0 Å². The Balaban J connectivity index is 2.45. The van der Waals surface area contributed by atoms with Gasteiger partial charge in [0.1, 0.15) is 6.61 Å². The molecule has 0 spiro atoms. The van der Waals surface area contributed by atoms with E-state index < -0.39 is 11.6 Å². The maximum Gasteiger partial charge on any atom is 0.407 e. The highest BCUT2D eigenvalue weighted by Crippen LogP contribution is 2.17. The molecule has 0 unspecified atom stereocenters. The number of amides is 1. The van der Waals surface area contributed by atoms with E-state index in [1.807, 2.05) is 37.3 Å². The number of aliphatic hydroxyl groups is 1. The summed E-state index contributed by atoms with van der Waals surface area (Å²) in [5.74, 6) is 0.530. The molecule has 0 saturated carbocycles. The lowest BCUT2D eigenvalue weighted by molar-refractivity contribution is 0.120. The molecule has 2 N–H and O–H groups in total. The lowest BCUT2D eigenvalue weighted by Crippen LogP contribution is -2.46. The number of carbonyl (C=O) groups excluding carboxylic acids is 1. The van der Waals surface area contributed by atoms with Gasteiger partial charge in [0.15, 0.2) is 0 Å². The first-order valence-corrected chi connectivity index (χ1v) is 7.29. The average molecular weight is 300 g/mol. The molecule has 0 aliphatic carbocycles. The largest absolute Gasteiger partial charge is 0.445 e. The first kappa shape index (κ1) is 16.8. The Morgan fingerprint density at radius 3 is 2.65 bits per heavy atom. The zero-order valence-electron chi connectivity index (χ0n) is 11.8. The van der Waals surface area contributed by atoms with Crippen LogP contribution in [-0.2, 0) is 11.3 Å². The summed E-state index contributed by atoms with van der Waals surface area (Å²) in [4.78, 5) is 11.8. The Morgan fingerprint density at radius 1 is 1.35 bits per heavy atom. The van der Waals surface area contributed by atoms with Gasteiger partial charge in [0.05, 0.1) is 0 Å². The molecule has 112 valence electrons. The summed E-state index contributed by atoms with van der Waals surface area (Å²) in [6, 6.07) is 9.50. The average Bonchev–Trinajstić information content (AvgIpc) is 2.44. The van der Waals surface area contributed by atoms with Crippen molar-refractivity contribution >= 4 is 17.7 Å². The summed E-state index contributed by atoms with van der Waals surface area (Å²) in [5.41, 5.74) is 0.449. The number of rotatable bonds is 8. The number of aliphatic hydroxyl groups excluding tert-OH is 1. The van der Waals surface area contributed by atoms with Crippen molar-refractivity contribution in [1.82, 2.24) is 5.32 Å². The number of carbonyl (C=O) groups is 1. The van der Waals surface area contributed by atoms with Crippen molar-refractivity contribution in [2.45, 2.75) is 38.3 Å². The Hall–Kier alpha value is -1.26. The maximum absolute atomic E-state index is 11.8. The molecule has 0 bridgehead atoms. The van der Waals surface area contributed by atoms with E-state index in [0.717, 1.165) is 12.0 Å². The van der Waals surface area contributed by atoms with E-state index in [4.69, 9.17) is 21.4 Å². The van der Waals surface area contributed by atoms with Gasteiger partial charge in [0, 0.05) is 18.0 Å². The van der Waals surface area contributed by atoms with Crippen LogP contribution in [-0.4, -0.2) is 29.2 Å². The monoisotopic (exact) mass is 299 g/mol. The highest BCUT2D eigenvalue weighted by Gasteiger charge is 2.25. The van der Waals surface area contributed by atoms with Gasteiger partial charge < -0.3 is 15.2 Å². The van der Waals surface area contributed by atoms with Crippen LogP contribution >= 0.6 is 11.6 Å². The van der Waals surface area contributed by atoms with Crippen molar-refractivity contribution in [3.05, 3.63) is 35.9 Å². The molecule has 0 fully saturated rings. The number of benzene rings is 1. The topological polar surface area (TPSA) is 58.6 Å². The summed E-state index contributed by atoms with van der Waals surface area (Å²) < 4.78 is 5.19. The van der Waals surface area contributed by atoms with E-state index in [1.54, 1.807) is 0 Å². The molecule has 0 aromatic heterocycles. The van der Waals surface area contributed by atoms with Gasteiger partial charge in [-0.05, 0) is 31.7 Å². The second-order valence-corrected chi connectivity index (χ2v) is 5.39. The van der Waals surface area contributed by atoms with Crippen LogP contribution in [0.5, 0.6) is 0 Å². The number of ether oxygens (including phenoxy) is 1. The fourth-order valence-corrected chi connectivity index (χ4v) is 2.09. The van der Waals surface area contributed by atoms with Gasteiger partial charge in [-0.1, -0.05) is 30.3 Å². The third kappa shape index (κ3) is 6.26. The van der Waals surface area contributed by atoms with E-state index in [9.17, 15) is 4.79 Å². The third-order valence-electron chi connectivity index (χ3n) is 3.14. The number of alkyl halides is 1. The SMILES string of the molecule is C[C@@](CCO)(CCCCl)NC(=O)OCc1ccccc1. The van der Waals surface area contributed by atoms with Crippen molar-refractivity contribution in [3.8, 4) is 0 Å². The molecule has 20 heavy (non-hydrogen) atoms. The number of hydrogen-bond donors (Lipinski definition) is 2. The van der Waals surface area contributed by atoms with Gasteiger partial charge in [-0.2, -0.15) is 0 Å². The normalized spacial score (nSPS) is 13.6. The zero-order valence-corrected chi connectivity index (χ0v) is 12.5. The van der Waals surface area contributed by atoms with Crippen LogP contribution in [0.4, 0.5) is 4.79 Å². The Bertz CT molecular complexity index is 399. The standard InChI is InChI=1S/C15H22ClNO3/c1-15(9-11-18,8-5-10-16)17-14(19)20-12-13-6-3-2-4-7-13/h2-4,6-7,18H,5,8-12H2,1H3,(H,17,19)/t15-/m0/s1. The molecular formula is C15H22ClNO3. The quantitative estimate of drug-likeness (QED) is 0.725. The summed E-state index contributed by atoms with van der Waals surface area (Å²) >= 11 is 5.68. The lowest BCUT2D eigenvalue weighted by Gasteiger charge is -2.29. The van der Waals surface area contributed by atoms with Gasteiger partial charge in [0.2, 0.25) is 0 Å². The highest BCUT2D eigenvalue weighted by atomic mass is 35.5. The van der Waals surface area contributed by atoms with E-state index in [0.29, 0.717) is 18.7 Å².